The second-order valence-corrected chi connectivity index (χ2v) is 28.9. The summed E-state index contributed by atoms with van der Waals surface area (Å²) in [5.74, 6) is 0.698. The molecule has 610 valence electrons. The van der Waals surface area contributed by atoms with Crippen molar-refractivity contribution in [3.05, 3.63) is 119 Å². The van der Waals surface area contributed by atoms with Crippen molar-refractivity contribution in [3.8, 4) is 11.8 Å². The Labute approximate surface area is 650 Å². The minimum absolute atomic E-state index is 0.0128. The van der Waals surface area contributed by atoms with Crippen LogP contribution in [0.2, 0.25) is 0 Å². The van der Waals surface area contributed by atoms with Crippen LogP contribution in [0.1, 0.15) is 134 Å². The molecule has 32 heteroatoms. The molecule has 10 amide bonds. The van der Waals surface area contributed by atoms with Crippen molar-refractivity contribution in [2.75, 3.05) is 103 Å². The zero-order chi connectivity index (χ0) is 81.0. The number of urea groups is 1. The van der Waals surface area contributed by atoms with Gasteiger partial charge in [0.1, 0.15) is 50.4 Å². The standard InChI is InChI=1S/C80H106F2N10O20/c1-7-14-71-111-65-41-56-43-79(82,77(5)30-28-58(93)42-59(77)60(81)8-2)63(94)44-78(56,6)80(65,112-71)64(95)49-109-50-88-69(99)45-86-68(98)46-87-76(104)110-48-52-20-24-57(25-21-52)89-73(101)61(18-13-31-85-75(83)103)90-74(102)72(51(3)4)91-67(97)29-33-105-35-37-107-39-40-108-38-36-106-34-32-84-66(96)26-27-70(100)92-47-55-17-10-9-15-53(55)22-23-54-16-11-12-19-62(54)92/h9-12,15-17,19-21,24-25,28,30,42,51,56,60-61,63,65,71-72,94H,7-8,13-14,18,26-27,29,31-41,43-50H2,1-6H3,(H,84,96)(H,86,98)(H,87,104)(H,88,99)(H,89,101)(H,90,102)(H,91,97)(H3,83,85,103)/t56-,60-,61-,63-,65+,71?,72-,77-,78-,79-,80+/m0/s1. The summed E-state index contributed by atoms with van der Waals surface area (Å²) in [5.41, 5.74) is 2.23. The third-order valence-corrected chi connectivity index (χ3v) is 20.8. The number of aliphatic hydroxyl groups is 1. The number of primary amides is 1. The van der Waals surface area contributed by atoms with Crippen LogP contribution in [0.4, 0.5) is 29.7 Å². The minimum atomic E-state index is -2.43. The van der Waals surface area contributed by atoms with E-state index in [2.05, 4.69) is 54.4 Å². The van der Waals surface area contributed by atoms with Crippen LogP contribution in [-0.4, -0.2) is 211 Å². The Morgan fingerprint density at radius 1 is 0.723 bits per heavy atom. The van der Waals surface area contributed by atoms with Gasteiger partial charge in [-0.05, 0) is 123 Å². The molecule has 0 radical (unpaired) electrons. The quantitative estimate of drug-likeness (QED) is 0.0202. The van der Waals surface area contributed by atoms with Gasteiger partial charge in [-0.15, -0.1) is 0 Å². The topological polar surface area (TPSA) is 407 Å². The van der Waals surface area contributed by atoms with E-state index in [-0.39, 0.29) is 141 Å². The van der Waals surface area contributed by atoms with Gasteiger partial charge in [-0.1, -0.05) is 101 Å². The second-order valence-electron chi connectivity index (χ2n) is 28.9. The maximum Gasteiger partial charge on any atom is 0.407 e. The van der Waals surface area contributed by atoms with Crippen LogP contribution < -0.4 is 53.2 Å². The number of ether oxygens (including phenoxy) is 8. The number of hydrogen-bond acceptors (Lipinski definition) is 20. The predicted molar refractivity (Wildman–Crippen MR) is 404 cm³/mol. The number of anilines is 2. The van der Waals surface area contributed by atoms with E-state index in [0.717, 1.165) is 22.8 Å². The van der Waals surface area contributed by atoms with E-state index in [1.54, 1.807) is 44.7 Å². The molecule has 0 aromatic heterocycles. The lowest BCUT2D eigenvalue weighted by molar-refractivity contribution is -0.205. The number of nitrogens with zero attached hydrogens (tertiary/aromatic N) is 1. The van der Waals surface area contributed by atoms with Crippen LogP contribution in [0.5, 0.6) is 0 Å². The highest BCUT2D eigenvalue weighted by Crippen LogP contribution is 2.68. The summed E-state index contributed by atoms with van der Waals surface area (Å²) in [5, 5.41) is 32.3. The van der Waals surface area contributed by atoms with Gasteiger partial charge in [0.2, 0.25) is 41.4 Å². The first-order valence-electron chi connectivity index (χ1n) is 38.1. The van der Waals surface area contributed by atoms with Crippen LogP contribution in [0.15, 0.2) is 96.6 Å². The van der Waals surface area contributed by atoms with Crippen LogP contribution in [0.25, 0.3) is 0 Å². The largest absolute Gasteiger partial charge is 0.445 e. The molecular formula is C80H106F2N10O20. The number of alkyl carbamates (subject to hydrolysis) is 1. The van der Waals surface area contributed by atoms with Crippen LogP contribution in [0, 0.1) is 34.5 Å². The van der Waals surface area contributed by atoms with E-state index in [1.165, 1.54) is 31.2 Å². The average molecular weight is 1570 g/mol. The number of Topliss-reactive ketones (excluding diaryl/α,β-unsaturated/α-hetero) is 1. The summed E-state index contributed by atoms with van der Waals surface area (Å²) in [4.78, 5) is 144. The van der Waals surface area contributed by atoms with Gasteiger partial charge in [0.25, 0.3) is 0 Å². The summed E-state index contributed by atoms with van der Waals surface area (Å²) in [6, 6.07) is 18.3. The van der Waals surface area contributed by atoms with Gasteiger partial charge in [-0.25, -0.2) is 18.4 Å². The smallest absolute Gasteiger partial charge is 0.407 e. The molecule has 0 bridgehead atoms. The molecule has 30 nitrogen and oxygen atoms in total. The molecule has 8 rings (SSSR count). The van der Waals surface area contributed by atoms with Crippen molar-refractivity contribution in [3.63, 3.8) is 0 Å². The molecule has 11 N–H and O–H groups in total. The van der Waals surface area contributed by atoms with Gasteiger partial charge in [0, 0.05) is 60.0 Å². The number of carbonyl (C=O) groups is 11. The number of amides is 10. The number of hydrogen-bond donors (Lipinski definition) is 10. The lowest BCUT2D eigenvalue weighted by Gasteiger charge is -2.56. The van der Waals surface area contributed by atoms with Crippen molar-refractivity contribution < 1.29 is 105 Å². The molecule has 1 unspecified atom stereocenters. The monoisotopic (exact) mass is 1560 g/mol. The van der Waals surface area contributed by atoms with Gasteiger partial charge in [-0.3, -0.25) is 43.2 Å². The maximum atomic E-state index is 17.7. The molecule has 0 spiro atoms. The van der Waals surface area contributed by atoms with Crippen molar-refractivity contribution >= 4 is 76.4 Å². The first kappa shape index (κ1) is 88.0. The highest BCUT2D eigenvalue weighted by atomic mass is 19.1. The molecule has 112 heavy (non-hydrogen) atoms. The number of fused-ring (bicyclic) bond motifs is 5. The number of nitrogens with two attached hydrogens (primary N) is 1. The zero-order valence-electron chi connectivity index (χ0n) is 64.4. The molecule has 2 heterocycles. The number of benzene rings is 3. The minimum Gasteiger partial charge on any atom is -0.445 e. The second kappa shape index (κ2) is 42.3. The molecule has 3 fully saturated rings. The number of para-hydroxylation sites is 1. The Balaban J connectivity index is 0.662. The molecule has 3 aromatic carbocycles. The first-order valence-corrected chi connectivity index (χ1v) is 38.1. The Morgan fingerprint density at radius 3 is 2.08 bits per heavy atom. The van der Waals surface area contributed by atoms with Crippen LogP contribution >= 0.6 is 0 Å². The number of aliphatic hydroxyl groups excluding tert-OH is 1. The number of ketones is 2. The number of alkyl halides is 2. The van der Waals surface area contributed by atoms with Gasteiger partial charge >= 0.3 is 12.1 Å². The zero-order valence-corrected chi connectivity index (χ0v) is 64.4. The highest BCUT2D eigenvalue weighted by Gasteiger charge is 2.76. The van der Waals surface area contributed by atoms with Crippen molar-refractivity contribution in [1.82, 2.24) is 37.2 Å². The number of nitrogens with one attached hydrogen (secondary N) is 8. The van der Waals surface area contributed by atoms with Crippen molar-refractivity contribution in [2.45, 2.75) is 173 Å². The maximum absolute atomic E-state index is 17.7. The summed E-state index contributed by atoms with van der Waals surface area (Å²) in [6.07, 6.45) is -1.35. The number of allylic oxidation sites excluding steroid dienone is 4. The highest BCUT2D eigenvalue weighted by molar-refractivity contribution is 6.02. The fourth-order valence-electron chi connectivity index (χ4n) is 14.6. The fraction of sp³-hybridized carbons (Fsp3) is 0.562. The van der Waals surface area contributed by atoms with E-state index >= 15 is 8.78 Å². The van der Waals surface area contributed by atoms with Crippen molar-refractivity contribution in [1.29, 1.82) is 0 Å². The van der Waals surface area contributed by atoms with E-state index in [4.69, 9.17) is 43.6 Å². The van der Waals surface area contributed by atoms with Gasteiger partial charge in [0.05, 0.1) is 83.8 Å². The van der Waals surface area contributed by atoms with E-state index in [9.17, 15) is 57.8 Å². The Hall–Kier alpha value is -9.59. The molecule has 1 saturated heterocycles. The molecule has 11 atom stereocenters. The lowest BCUT2D eigenvalue weighted by atomic mass is 9.51. The summed E-state index contributed by atoms with van der Waals surface area (Å²) >= 11 is 0. The Morgan fingerprint density at radius 2 is 1.38 bits per heavy atom. The van der Waals surface area contributed by atoms with Gasteiger partial charge in [0.15, 0.2) is 23.5 Å². The first-order chi connectivity index (χ1) is 53.6. The van der Waals surface area contributed by atoms with E-state index < -0.39 is 150 Å². The molecule has 2 aliphatic heterocycles. The fourth-order valence-corrected chi connectivity index (χ4v) is 14.6. The van der Waals surface area contributed by atoms with E-state index in [1.807, 2.05) is 55.5 Å². The lowest BCUT2D eigenvalue weighted by Crippen LogP contribution is -2.65. The Bertz CT molecular complexity index is 3930. The number of carbonyl (C=O) groups excluding carboxylic acids is 11. The predicted octanol–water partition coefficient (Wildman–Crippen LogP) is 4.99. The summed E-state index contributed by atoms with van der Waals surface area (Å²) < 4.78 is 79.2. The van der Waals surface area contributed by atoms with Crippen molar-refractivity contribution in [2.24, 2.45) is 28.4 Å². The van der Waals surface area contributed by atoms with Gasteiger partial charge < -0.3 is 96.2 Å². The average Bonchev–Trinajstić information content (AvgIpc) is 1.49. The SMILES string of the molecule is CCCC1O[C@@H]2C[C@H]3C[C@@](F)([C@@]4(C)C=CC(=O)C=C4[C@@H](F)CC)[C@@H](O)C[C@]3(C)[C@]2(C(=O)COCNC(=O)CNC(=O)CNC(=O)OCc2ccc(NC(=O)[C@H](CCCNC(N)=O)NC(=O)[C@@H](NC(=O)CCOCCOCCOCCOCCNC(=O)CCC(=O)N3Cc4ccccc4C#Cc4ccccc43)C(C)C)cc2)O1. The number of halogens is 2. The third-order valence-electron chi connectivity index (χ3n) is 20.8. The molecule has 5 aliphatic rings. The van der Waals surface area contributed by atoms with Crippen LogP contribution in [0.3, 0.4) is 0 Å². The summed E-state index contributed by atoms with van der Waals surface area (Å²) in [6.45, 7) is 10.3. The number of rotatable bonds is 44. The molecule has 3 aliphatic carbocycles. The van der Waals surface area contributed by atoms with Gasteiger partial charge in [-0.2, -0.15) is 0 Å². The van der Waals surface area contributed by atoms with E-state index in [0.29, 0.717) is 42.9 Å². The third kappa shape index (κ3) is 23.5. The summed E-state index contributed by atoms with van der Waals surface area (Å²) in [7, 11) is 0. The Kier molecular flexibility index (Phi) is 33.3. The molecule has 3 aromatic rings. The normalized spacial score (nSPS) is 22.8. The van der Waals surface area contributed by atoms with Crippen LogP contribution in [-0.2, 0) is 94.2 Å². The molecular weight excluding hydrogens is 1460 g/mol. The molecule has 2 saturated carbocycles.